The molecule has 0 atom stereocenters. The Balaban J connectivity index is 1.70. The van der Waals surface area contributed by atoms with Gasteiger partial charge in [0.25, 0.3) is 5.91 Å². The molecule has 0 aliphatic heterocycles. The van der Waals surface area contributed by atoms with Crippen molar-refractivity contribution in [2.75, 3.05) is 5.32 Å². The molecule has 0 radical (unpaired) electrons. The number of nitrogens with zero attached hydrogens (tertiary/aromatic N) is 1. The molecule has 0 unspecified atom stereocenters. The molecular formula is C24H18BrClN2O2. The number of hydrogen-bond donors (Lipinski definition) is 1. The van der Waals surface area contributed by atoms with Crippen molar-refractivity contribution in [3.05, 3.63) is 98.5 Å². The van der Waals surface area contributed by atoms with Gasteiger partial charge in [0.05, 0.1) is 4.47 Å². The normalized spacial score (nSPS) is 10.9. The number of rotatable bonds is 6. The van der Waals surface area contributed by atoms with Crippen LogP contribution < -0.4 is 10.1 Å². The van der Waals surface area contributed by atoms with E-state index in [2.05, 4.69) is 21.2 Å². The van der Waals surface area contributed by atoms with Gasteiger partial charge in [0.2, 0.25) is 0 Å². The predicted octanol–water partition coefficient (Wildman–Crippen LogP) is 6.54. The highest BCUT2D eigenvalue weighted by Crippen LogP contribution is 2.28. The number of aryl methyl sites for hydroxylation is 1. The third kappa shape index (κ3) is 5.96. The molecule has 1 N–H and O–H groups in total. The summed E-state index contributed by atoms with van der Waals surface area (Å²) in [5.41, 5.74) is 3.47. The Kier molecular flexibility index (Phi) is 7.29. The highest BCUT2D eigenvalue weighted by molar-refractivity contribution is 9.10. The zero-order valence-electron chi connectivity index (χ0n) is 16.2. The standard InChI is InChI=1S/C24H18BrClN2O2/c1-16-5-7-17(8-6-16)15-30-23-10-9-18(12-22(23)25)11-19(14-27)24(29)28-21-4-2-3-20(26)13-21/h2-13H,15H2,1H3,(H,28,29)/b19-11+. The maximum atomic E-state index is 12.4. The van der Waals surface area contributed by atoms with E-state index in [1.165, 1.54) is 11.6 Å². The number of nitriles is 1. The summed E-state index contributed by atoms with van der Waals surface area (Å²) in [6.45, 7) is 2.48. The Morgan fingerprint density at radius 2 is 1.93 bits per heavy atom. The molecule has 30 heavy (non-hydrogen) atoms. The zero-order valence-corrected chi connectivity index (χ0v) is 18.5. The first-order valence-corrected chi connectivity index (χ1v) is 10.3. The van der Waals surface area contributed by atoms with E-state index in [9.17, 15) is 10.1 Å². The summed E-state index contributed by atoms with van der Waals surface area (Å²) in [5, 5.41) is 12.6. The van der Waals surface area contributed by atoms with Gasteiger partial charge in [0.15, 0.2) is 0 Å². The van der Waals surface area contributed by atoms with Crippen LogP contribution >= 0.6 is 27.5 Å². The summed E-state index contributed by atoms with van der Waals surface area (Å²) >= 11 is 9.42. The number of anilines is 1. The van der Waals surface area contributed by atoms with Gasteiger partial charge in [-0.3, -0.25) is 4.79 Å². The van der Waals surface area contributed by atoms with Crippen molar-refractivity contribution in [3.63, 3.8) is 0 Å². The maximum Gasteiger partial charge on any atom is 0.266 e. The van der Waals surface area contributed by atoms with Crippen molar-refractivity contribution >= 4 is 45.2 Å². The summed E-state index contributed by atoms with van der Waals surface area (Å²) in [6, 6.07) is 22.2. The van der Waals surface area contributed by atoms with Crippen LogP contribution in [-0.2, 0) is 11.4 Å². The zero-order chi connectivity index (χ0) is 21.5. The molecule has 0 heterocycles. The number of amides is 1. The molecule has 4 nitrogen and oxygen atoms in total. The fraction of sp³-hybridized carbons (Fsp3) is 0.0833. The van der Waals surface area contributed by atoms with Crippen LogP contribution in [-0.4, -0.2) is 5.91 Å². The summed E-state index contributed by atoms with van der Waals surface area (Å²) < 4.78 is 6.59. The van der Waals surface area contributed by atoms with Crippen molar-refractivity contribution in [3.8, 4) is 11.8 Å². The van der Waals surface area contributed by atoms with Crippen LogP contribution in [0.2, 0.25) is 5.02 Å². The van der Waals surface area contributed by atoms with Gasteiger partial charge in [-0.25, -0.2) is 0 Å². The topological polar surface area (TPSA) is 62.1 Å². The first-order valence-electron chi connectivity index (χ1n) is 9.11. The van der Waals surface area contributed by atoms with Gasteiger partial charge >= 0.3 is 0 Å². The van der Waals surface area contributed by atoms with E-state index >= 15 is 0 Å². The molecule has 0 saturated carbocycles. The van der Waals surface area contributed by atoms with Gasteiger partial charge in [0, 0.05) is 10.7 Å². The van der Waals surface area contributed by atoms with Crippen molar-refractivity contribution in [2.45, 2.75) is 13.5 Å². The van der Waals surface area contributed by atoms with E-state index in [-0.39, 0.29) is 5.57 Å². The van der Waals surface area contributed by atoms with E-state index < -0.39 is 5.91 Å². The average Bonchev–Trinajstić information content (AvgIpc) is 2.72. The molecule has 0 saturated heterocycles. The van der Waals surface area contributed by atoms with Crippen LogP contribution in [0.4, 0.5) is 5.69 Å². The fourth-order valence-electron chi connectivity index (χ4n) is 2.65. The van der Waals surface area contributed by atoms with Crippen LogP contribution in [0.3, 0.4) is 0 Å². The number of halogens is 2. The van der Waals surface area contributed by atoms with Crippen molar-refractivity contribution < 1.29 is 9.53 Å². The Labute approximate surface area is 188 Å². The molecule has 1 amide bonds. The minimum Gasteiger partial charge on any atom is -0.488 e. The second kappa shape index (κ2) is 10.1. The van der Waals surface area contributed by atoms with Crippen LogP contribution in [0, 0.1) is 18.3 Å². The summed E-state index contributed by atoms with van der Waals surface area (Å²) in [4.78, 5) is 12.4. The number of carbonyl (C=O) groups excluding carboxylic acids is 1. The highest BCUT2D eigenvalue weighted by atomic mass is 79.9. The molecule has 0 aliphatic rings. The average molecular weight is 482 g/mol. The number of nitrogens with one attached hydrogen (secondary N) is 1. The first kappa shape index (κ1) is 21.6. The third-order valence-electron chi connectivity index (χ3n) is 4.23. The molecule has 0 bridgehead atoms. The second-order valence-electron chi connectivity index (χ2n) is 6.60. The van der Waals surface area contributed by atoms with E-state index in [1.807, 2.05) is 37.3 Å². The summed E-state index contributed by atoms with van der Waals surface area (Å²) in [6.07, 6.45) is 1.52. The molecule has 150 valence electrons. The monoisotopic (exact) mass is 480 g/mol. The third-order valence-corrected chi connectivity index (χ3v) is 5.08. The Morgan fingerprint density at radius 1 is 1.17 bits per heavy atom. The Bertz CT molecular complexity index is 1130. The van der Waals surface area contributed by atoms with Gasteiger partial charge in [-0.15, -0.1) is 0 Å². The van der Waals surface area contributed by atoms with E-state index in [1.54, 1.807) is 42.5 Å². The van der Waals surface area contributed by atoms with Gasteiger partial charge < -0.3 is 10.1 Å². The van der Waals surface area contributed by atoms with Gasteiger partial charge in [0.1, 0.15) is 24.0 Å². The number of hydrogen-bond acceptors (Lipinski definition) is 3. The molecule has 3 aromatic carbocycles. The lowest BCUT2D eigenvalue weighted by Gasteiger charge is -2.09. The maximum absolute atomic E-state index is 12.4. The number of benzene rings is 3. The lowest BCUT2D eigenvalue weighted by atomic mass is 10.1. The SMILES string of the molecule is Cc1ccc(COc2ccc(/C=C(\C#N)C(=O)Nc3cccc(Cl)c3)cc2Br)cc1. The van der Waals surface area contributed by atoms with Gasteiger partial charge in [-0.2, -0.15) is 5.26 Å². The minimum absolute atomic E-state index is 0.0183. The molecule has 3 rings (SSSR count). The highest BCUT2D eigenvalue weighted by Gasteiger charge is 2.11. The smallest absolute Gasteiger partial charge is 0.266 e. The van der Waals surface area contributed by atoms with Crippen LogP contribution in [0.15, 0.2) is 76.8 Å². The first-order chi connectivity index (χ1) is 14.4. The molecule has 0 fully saturated rings. The molecule has 3 aromatic rings. The molecule has 0 aliphatic carbocycles. The Hall–Kier alpha value is -3.07. The van der Waals surface area contributed by atoms with Crippen LogP contribution in [0.5, 0.6) is 5.75 Å². The predicted molar refractivity (Wildman–Crippen MR) is 123 cm³/mol. The molecule has 0 spiro atoms. The second-order valence-corrected chi connectivity index (χ2v) is 7.89. The Morgan fingerprint density at radius 3 is 2.60 bits per heavy atom. The summed E-state index contributed by atoms with van der Waals surface area (Å²) in [5.74, 6) is 0.171. The van der Waals surface area contributed by atoms with Gasteiger partial charge in [-0.05, 0) is 70.4 Å². The fourth-order valence-corrected chi connectivity index (χ4v) is 3.35. The van der Waals surface area contributed by atoms with Crippen LogP contribution in [0.1, 0.15) is 16.7 Å². The van der Waals surface area contributed by atoms with E-state index in [4.69, 9.17) is 16.3 Å². The molecular weight excluding hydrogens is 464 g/mol. The minimum atomic E-state index is -0.504. The van der Waals surface area contributed by atoms with Crippen molar-refractivity contribution in [2.24, 2.45) is 0 Å². The lowest BCUT2D eigenvalue weighted by molar-refractivity contribution is -0.112. The molecule has 6 heteroatoms. The number of carbonyl (C=O) groups is 1. The van der Waals surface area contributed by atoms with Crippen LogP contribution in [0.25, 0.3) is 6.08 Å². The quantitative estimate of drug-likeness (QED) is 0.321. The summed E-state index contributed by atoms with van der Waals surface area (Å²) in [7, 11) is 0. The van der Waals surface area contributed by atoms with E-state index in [0.29, 0.717) is 28.6 Å². The van der Waals surface area contributed by atoms with Gasteiger partial charge in [-0.1, -0.05) is 53.6 Å². The van der Waals surface area contributed by atoms with Crippen molar-refractivity contribution in [1.82, 2.24) is 0 Å². The lowest BCUT2D eigenvalue weighted by Crippen LogP contribution is -2.13. The van der Waals surface area contributed by atoms with E-state index in [0.717, 1.165) is 10.0 Å². The largest absolute Gasteiger partial charge is 0.488 e. The number of ether oxygens (including phenoxy) is 1. The molecule has 0 aromatic heterocycles. The van der Waals surface area contributed by atoms with Crippen molar-refractivity contribution in [1.29, 1.82) is 5.26 Å².